The Morgan fingerprint density at radius 2 is 1.80 bits per heavy atom. The molecule has 0 spiro atoms. The minimum absolute atomic E-state index is 0.205. The molecule has 2 atom stereocenters. The first-order valence-electron chi connectivity index (χ1n) is 15.2. The lowest BCUT2D eigenvalue weighted by Gasteiger charge is -2.43. The summed E-state index contributed by atoms with van der Waals surface area (Å²) < 4.78 is 5.42. The van der Waals surface area contributed by atoms with E-state index < -0.39 is 12.0 Å². The molecule has 4 N–H and O–H groups in total. The highest BCUT2D eigenvalue weighted by Crippen LogP contribution is 2.34. The van der Waals surface area contributed by atoms with Crippen LogP contribution >= 0.6 is 0 Å². The number of aromatic nitrogens is 2. The van der Waals surface area contributed by atoms with Crippen LogP contribution in [0.1, 0.15) is 79.9 Å². The Bertz CT molecular complexity index is 1310. The van der Waals surface area contributed by atoms with E-state index in [0.29, 0.717) is 11.3 Å². The van der Waals surface area contributed by atoms with Gasteiger partial charge < -0.3 is 15.8 Å². The maximum absolute atomic E-state index is 12.1. The Kier molecular flexibility index (Phi) is 9.72. The zero-order valence-electron chi connectivity index (χ0n) is 24.1. The number of piperidine rings is 1. The van der Waals surface area contributed by atoms with Gasteiger partial charge in [-0.15, -0.1) is 0 Å². The topological polar surface area (TPSA) is 113 Å². The third-order valence-corrected chi connectivity index (χ3v) is 8.70. The van der Waals surface area contributed by atoms with Crippen LogP contribution in [0.2, 0.25) is 0 Å². The molecule has 0 bridgehead atoms. The molecule has 2 aliphatic carbocycles. The molecule has 8 nitrogen and oxygen atoms in total. The van der Waals surface area contributed by atoms with Crippen LogP contribution in [-0.4, -0.2) is 52.3 Å². The number of H-pyrrole nitrogens is 1. The highest BCUT2D eigenvalue weighted by Gasteiger charge is 2.35. The molecule has 1 aliphatic heterocycles. The van der Waals surface area contributed by atoms with Crippen LogP contribution in [0.15, 0.2) is 54.7 Å². The first-order valence-corrected chi connectivity index (χ1v) is 15.2. The van der Waals surface area contributed by atoms with Crippen molar-refractivity contribution in [3.05, 3.63) is 71.5 Å². The number of nitrogens with two attached hydrogens (primary N) is 1. The number of aromatic amines is 1. The number of fused-ring (bicyclic) bond motifs is 2. The number of likely N-dealkylation sites (tertiary alicyclic amines) is 1. The monoisotopic (exact) mass is 557 g/mol. The maximum Gasteiger partial charge on any atom is 0.412 e. The van der Waals surface area contributed by atoms with Crippen molar-refractivity contribution in [2.75, 3.05) is 13.1 Å². The molecule has 0 radical (unpaired) electrons. The Morgan fingerprint density at radius 3 is 2.59 bits per heavy atom. The van der Waals surface area contributed by atoms with Crippen LogP contribution in [0.3, 0.4) is 0 Å². The molecule has 8 heteroatoms. The van der Waals surface area contributed by atoms with Crippen molar-refractivity contribution in [2.24, 2.45) is 11.7 Å². The molecular weight excluding hydrogens is 514 g/mol. The van der Waals surface area contributed by atoms with Crippen LogP contribution in [0.25, 0.3) is 11.1 Å². The summed E-state index contributed by atoms with van der Waals surface area (Å²) in [6.07, 6.45) is 13.7. The molecule has 2 amide bonds. The zero-order valence-corrected chi connectivity index (χ0v) is 24.1. The van der Waals surface area contributed by atoms with E-state index in [0.717, 1.165) is 48.8 Å². The Labute approximate surface area is 243 Å². The quantitative estimate of drug-likeness (QED) is 0.351. The van der Waals surface area contributed by atoms with E-state index >= 15 is 0 Å². The fourth-order valence-corrected chi connectivity index (χ4v) is 6.63. The Hall–Kier alpha value is -3.65. The van der Waals surface area contributed by atoms with E-state index in [-0.39, 0.29) is 6.04 Å². The van der Waals surface area contributed by atoms with Gasteiger partial charge in [0.05, 0.1) is 6.20 Å². The number of benzene rings is 2. The summed E-state index contributed by atoms with van der Waals surface area (Å²) in [7, 11) is 0. The first-order chi connectivity index (χ1) is 20.0. The minimum Gasteiger partial charge on any atom is -0.410 e. The number of ether oxygens (including phenoxy) is 1. The highest BCUT2D eigenvalue weighted by atomic mass is 16.6. The largest absolute Gasteiger partial charge is 0.412 e. The van der Waals surface area contributed by atoms with Gasteiger partial charge in [0.25, 0.3) is 0 Å². The van der Waals surface area contributed by atoms with E-state index in [4.69, 9.17) is 10.5 Å². The average Bonchev–Trinajstić information content (AvgIpc) is 3.45. The van der Waals surface area contributed by atoms with E-state index in [1.54, 1.807) is 30.3 Å². The summed E-state index contributed by atoms with van der Waals surface area (Å²) in [4.78, 5) is 26.1. The summed E-state index contributed by atoms with van der Waals surface area (Å²) in [6, 6.07) is 15.3. The van der Waals surface area contributed by atoms with E-state index in [1.165, 1.54) is 62.9 Å². The molecule has 218 valence electrons. The van der Waals surface area contributed by atoms with Crippen molar-refractivity contribution in [3.63, 3.8) is 0 Å². The highest BCUT2D eigenvalue weighted by molar-refractivity contribution is 5.94. The summed E-state index contributed by atoms with van der Waals surface area (Å²) in [5.74, 6) is 0.865. The van der Waals surface area contributed by atoms with Gasteiger partial charge in [-0.2, -0.15) is 5.10 Å². The number of rotatable bonds is 6. The predicted molar refractivity (Wildman–Crippen MR) is 161 cm³/mol. The van der Waals surface area contributed by atoms with E-state index in [1.807, 2.05) is 24.4 Å². The van der Waals surface area contributed by atoms with Crippen molar-refractivity contribution in [3.8, 4) is 16.9 Å². The van der Waals surface area contributed by atoms with Crippen molar-refractivity contribution >= 4 is 12.0 Å². The van der Waals surface area contributed by atoms with Crippen molar-refractivity contribution in [1.29, 1.82) is 0 Å². The van der Waals surface area contributed by atoms with Gasteiger partial charge >= 0.3 is 6.09 Å². The number of carbonyl (C=O) groups excluding carboxylic acids is 2. The second-order valence-corrected chi connectivity index (χ2v) is 11.6. The number of carbonyl (C=O) groups is 2. The summed E-state index contributed by atoms with van der Waals surface area (Å²) >= 11 is 0. The molecule has 1 saturated carbocycles. The normalized spacial score (nSPS) is 20.6. The van der Waals surface area contributed by atoms with Gasteiger partial charge in [-0.25, -0.2) is 4.79 Å². The molecule has 3 aliphatic rings. The summed E-state index contributed by atoms with van der Waals surface area (Å²) in [6.45, 7) is 4.87. The number of nitrogens with one attached hydrogen (secondary N) is 2. The lowest BCUT2D eigenvalue weighted by molar-refractivity contribution is 0.0850. The Balaban J connectivity index is 0.000000181. The van der Waals surface area contributed by atoms with Gasteiger partial charge in [0.1, 0.15) is 5.75 Å². The average molecular weight is 558 g/mol. The standard InChI is InChI=1S/C20H22N2O3.C13H21N3/c21-19(23)16-8-4-6-14(12-16)15-7-5-11-18(13-15)25-20(24)22-17-9-2-1-3-10-17;1-2-5-16-6-3-4-10-7-12-11(8-13(10)16)9-14-15-12/h4-8,11-13,17H,1-3,9-10H2,(H2,21,23)(H,22,24);9-10,13H,2-8H2,1H3,(H,14,15)/t;10-,13-/m.1/s1. The smallest absolute Gasteiger partial charge is 0.410 e. The number of hydrogen-bond acceptors (Lipinski definition) is 5. The maximum atomic E-state index is 12.1. The van der Waals surface area contributed by atoms with Crippen LogP contribution < -0.4 is 15.8 Å². The number of hydrogen-bond donors (Lipinski definition) is 3. The van der Waals surface area contributed by atoms with Gasteiger partial charge in [-0.1, -0.05) is 50.5 Å². The molecule has 1 saturated heterocycles. The van der Waals surface area contributed by atoms with Gasteiger partial charge in [0, 0.05) is 23.3 Å². The molecule has 6 rings (SSSR count). The molecule has 41 heavy (non-hydrogen) atoms. The number of nitrogens with zero attached hydrogens (tertiary/aromatic N) is 2. The third-order valence-electron chi connectivity index (χ3n) is 8.70. The van der Waals surface area contributed by atoms with Crippen molar-refractivity contribution < 1.29 is 14.3 Å². The van der Waals surface area contributed by atoms with Crippen LogP contribution in [0.5, 0.6) is 5.75 Å². The molecular formula is C33H43N5O3. The molecule has 0 unspecified atom stereocenters. The van der Waals surface area contributed by atoms with Crippen molar-refractivity contribution in [1.82, 2.24) is 20.4 Å². The fraction of sp³-hybridized carbons (Fsp3) is 0.485. The SMILES string of the molecule is CCCN1CCC[C@@H]2Cc3[nH]ncc3C[C@H]21.NC(=O)c1cccc(-c2cccc(OC(=O)NC3CCCCC3)c2)c1. The number of amides is 2. The van der Waals surface area contributed by atoms with Gasteiger partial charge in [-0.05, 0) is 105 Å². The lowest BCUT2D eigenvalue weighted by Crippen LogP contribution is -2.49. The minimum atomic E-state index is -0.471. The number of primary amides is 1. The van der Waals surface area contributed by atoms with Gasteiger partial charge in [0.15, 0.2) is 0 Å². The second-order valence-electron chi connectivity index (χ2n) is 11.6. The van der Waals surface area contributed by atoms with E-state index in [9.17, 15) is 9.59 Å². The molecule has 3 aromatic rings. The molecule has 2 fully saturated rings. The van der Waals surface area contributed by atoms with Crippen LogP contribution in [-0.2, 0) is 12.8 Å². The fourth-order valence-electron chi connectivity index (χ4n) is 6.63. The molecule has 1 aromatic heterocycles. The van der Waals surface area contributed by atoms with Gasteiger partial charge in [0.2, 0.25) is 5.91 Å². The third kappa shape index (κ3) is 7.55. The molecule has 2 aromatic carbocycles. The Morgan fingerprint density at radius 1 is 1.02 bits per heavy atom. The second kappa shape index (κ2) is 13.8. The first kappa shape index (κ1) is 28.9. The zero-order chi connectivity index (χ0) is 28.6. The summed E-state index contributed by atoms with van der Waals surface area (Å²) in [5.41, 5.74) is 10.3. The molecule has 2 heterocycles. The van der Waals surface area contributed by atoms with Crippen molar-refractivity contribution in [2.45, 2.75) is 83.2 Å². The van der Waals surface area contributed by atoms with E-state index in [2.05, 4.69) is 27.3 Å². The summed E-state index contributed by atoms with van der Waals surface area (Å²) in [5, 5.41) is 10.3. The van der Waals surface area contributed by atoms with Gasteiger partial charge in [-0.3, -0.25) is 14.8 Å². The predicted octanol–water partition coefficient (Wildman–Crippen LogP) is 5.87. The lowest BCUT2D eigenvalue weighted by atomic mass is 9.77. The van der Waals surface area contributed by atoms with Crippen LogP contribution in [0, 0.1) is 5.92 Å². The van der Waals surface area contributed by atoms with Crippen LogP contribution in [0.4, 0.5) is 4.79 Å².